The van der Waals surface area contributed by atoms with E-state index in [0.717, 1.165) is 16.7 Å². The fourth-order valence-electron chi connectivity index (χ4n) is 3.58. The summed E-state index contributed by atoms with van der Waals surface area (Å²) in [4.78, 5) is 20.9. The van der Waals surface area contributed by atoms with Crippen molar-refractivity contribution >= 4 is 11.0 Å². The number of nitrogens with zero attached hydrogens (tertiary/aromatic N) is 4. The fraction of sp³-hybridized carbons (Fsp3) is 0.389. The van der Waals surface area contributed by atoms with Gasteiger partial charge in [0.1, 0.15) is 0 Å². The predicted octanol–water partition coefficient (Wildman–Crippen LogP) is 3.15. The summed E-state index contributed by atoms with van der Waals surface area (Å²) in [6.45, 7) is 0.540. The van der Waals surface area contributed by atoms with Crippen molar-refractivity contribution in [2.75, 3.05) is 0 Å². The van der Waals surface area contributed by atoms with Crippen LogP contribution in [0.1, 0.15) is 43.8 Å². The molecule has 1 aliphatic rings. The minimum atomic E-state index is -0.0694. The van der Waals surface area contributed by atoms with E-state index in [1.807, 2.05) is 36.8 Å². The van der Waals surface area contributed by atoms with Gasteiger partial charge in [-0.05, 0) is 25.0 Å². The lowest BCUT2D eigenvalue weighted by molar-refractivity contribution is 0.345. The summed E-state index contributed by atoms with van der Waals surface area (Å²) in [5, 5.41) is 0. The minimum absolute atomic E-state index is 0.0694. The Morgan fingerprint density at radius 1 is 1.09 bits per heavy atom. The molecule has 1 fully saturated rings. The molecule has 23 heavy (non-hydrogen) atoms. The summed E-state index contributed by atoms with van der Waals surface area (Å²) < 4.78 is 4.06. The van der Waals surface area contributed by atoms with Crippen LogP contribution in [0.25, 0.3) is 11.0 Å². The van der Waals surface area contributed by atoms with Crippen LogP contribution in [-0.4, -0.2) is 19.1 Å². The molecular weight excluding hydrogens is 288 g/mol. The molecule has 2 aromatic heterocycles. The summed E-state index contributed by atoms with van der Waals surface area (Å²) in [5.41, 5.74) is 2.74. The van der Waals surface area contributed by atoms with Gasteiger partial charge in [0.2, 0.25) is 0 Å². The second-order valence-electron chi connectivity index (χ2n) is 6.26. The molecule has 0 bridgehead atoms. The number of rotatable bonds is 3. The maximum absolute atomic E-state index is 12.3. The Hall–Kier alpha value is -2.43. The summed E-state index contributed by atoms with van der Waals surface area (Å²) >= 11 is 0. The number of imidazole rings is 1. The molecule has 118 valence electrons. The summed E-state index contributed by atoms with van der Waals surface area (Å²) in [6, 6.07) is 8.29. The molecule has 0 atom stereocenters. The molecule has 0 unspecified atom stereocenters. The van der Waals surface area contributed by atoms with Crippen molar-refractivity contribution in [2.45, 2.75) is 44.7 Å². The largest absolute Gasteiger partial charge is 0.330 e. The van der Waals surface area contributed by atoms with Crippen LogP contribution in [0.5, 0.6) is 0 Å². The number of aromatic nitrogens is 4. The Labute approximate surface area is 134 Å². The van der Waals surface area contributed by atoms with Gasteiger partial charge in [0.15, 0.2) is 0 Å². The first-order valence-corrected chi connectivity index (χ1v) is 8.28. The molecule has 0 amide bonds. The van der Waals surface area contributed by atoms with E-state index < -0.39 is 0 Å². The van der Waals surface area contributed by atoms with Crippen LogP contribution in [0.3, 0.4) is 0 Å². The van der Waals surface area contributed by atoms with E-state index in [9.17, 15) is 4.79 Å². The maximum atomic E-state index is 12.3. The number of benzene rings is 1. The molecule has 4 rings (SSSR count). The van der Waals surface area contributed by atoms with Crippen molar-refractivity contribution in [2.24, 2.45) is 0 Å². The number of hydrogen-bond donors (Lipinski definition) is 0. The van der Waals surface area contributed by atoms with Crippen molar-refractivity contribution in [3.05, 3.63) is 59.0 Å². The lowest BCUT2D eigenvalue weighted by atomic mass is 9.95. The van der Waals surface area contributed by atoms with E-state index in [4.69, 9.17) is 0 Å². The van der Waals surface area contributed by atoms with Crippen LogP contribution in [0, 0.1) is 0 Å². The average Bonchev–Trinajstić information content (AvgIpc) is 3.06. The van der Waals surface area contributed by atoms with Crippen molar-refractivity contribution in [3.63, 3.8) is 0 Å². The first-order valence-electron chi connectivity index (χ1n) is 8.28. The minimum Gasteiger partial charge on any atom is -0.330 e. The second-order valence-corrected chi connectivity index (χ2v) is 6.26. The average molecular weight is 308 g/mol. The van der Waals surface area contributed by atoms with Crippen molar-refractivity contribution in [3.8, 4) is 0 Å². The zero-order valence-electron chi connectivity index (χ0n) is 13.1. The van der Waals surface area contributed by atoms with Gasteiger partial charge < -0.3 is 4.57 Å². The molecule has 1 saturated carbocycles. The molecule has 5 nitrogen and oxygen atoms in total. The highest BCUT2D eigenvalue weighted by Crippen LogP contribution is 2.29. The summed E-state index contributed by atoms with van der Waals surface area (Å²) in [6.07, 6.45) is 11.5. The zero-order chi connectivity index (χ0) is 15.6. The smallest absolute Gasteiger partial charge is 0.269 e. The molecule has 0 radical (unpaired) electrons. The third-order valence-corrected chi connectivity index (χ3v) is 4.79. The van der Waals surface area contributed by atoms with E-state index in [-0.39, 0.29) is 5.56 Å². The predicted molar refractivity (Wildman–Crippen MR) is 89.5 cm³/mol. The Balaban J connectivity index is 1.73. The van der Waals surface area contributed by atoms with Crippen LogP contribution in [0.4, 0.5) is 0 Å². The Morgan fingerprint density at radius 3 is 2.78 bits per heavy atom. The standard InChI is InChI=1S/C18H20N4O/c23-18-11-20-16-8-4-5-9-17(16)21(18)12-15-10-19-13-22(15)14-6-2-1-3-7-14/h4-5,8-11,13-14H,1-3,6-7,12H2. The van der Waals surface area contributed by atoms with Crippen LogP contribution in [0.2, 0.25) is 0 Å². The molecule has 0 aliphatic heterocycles. The maximum Gasteiger partial charge on any atom is 0.269 e. The molecule has 1 aliphatic carbocycles. The number of fused-ring (bicyclic) bond motifs is 1. The summed E-state index contributed by atoms with van der Waals surface area (Å²) in [7, 11) is 0. The highest BCUT2D eigenvalue weighted by Gasteiger charge is 2.18. The third kappa shape index (κ3) is 2.67. The molecule has 3 aromatic rings. The topological polar surface area (TPSA) is 52.7 Å². The normalized spacial score (nSPS) is 16.0. The molecule has 0 saturated heterocycles. The first-order chi connectivity index (χ1) is 11.3. The van der Waals surface area contributed by atoms with Crippen LogP contribution in [-0.2, 0) is 6.54 Å². The zero-order valence-corrected chi connectivity index (χ0v) is 13.1. The lowest BCUT2D eigenvalue weighted by Gasteiger charge is -2.25. The van der Waals surface area contributed by atoms with Crippen molar-refractivity contribution < 1.29 is 0 Å². The number of hydrogen-bond acceptors (Lipinski definition) is 3. The van der Waals surface area contributed by atoms with Gasteiger partial charge in [-0.25, -0.2) is 9.97 Å². The van der Waals surface area contributed by atoms with Crippen molar-refractivity contribution in [1.82, 2.24) is 19.1 Å². The van der Waals surface area contributed by atoms with Crippen LogP contribution < -0.4 is 5.56 Å². The van der Waals surface area contributed by atoms with E-state index in [0.29, 0.717) is 12.6 Å². The van der Waals surface area contributed by atoms with E-state index in [1.165, 1.54) is 38.3 Å². The van der Waals surface area contributed by atoms with Gasteiger partial charge in [-0.1, -0.05) is 31.4 Å². The van der Waals surface area contributed by atoms with Gasteiger partial charge in [0.05, 0.1) is 35.8 Å². The summed E-state index contributed by atoms with van der Waals surface area (Å²) in [5.74, 6) is 0. The van der Waals surface area contributed by atoms with Crippen molar-refractivity contribution in [1.29, 1.82) is 0 Å². The van der Waals surface area contributed by atoms with E-state index >= 15 is 0 Å². The van der Waals surface area contributed by atoms with Gasteiger partial charge >= 0.3 is 0 Å². The molecule has 5 heteroatoms. The molecule has 0 N–H and O–H groups in total. The van der Waals surface area contributed by atoms with Gasteiger partial charge in [0, 0.05) is 12.2 Å². The molecule has 1 aromatic carbocycles. The van der Waals surface area contributed by atoms with Crippen LogP contribution >= 0.6 is 0 Å². The fourth-order valence-corrected chi connectivity index (χ4v) is 3.58. The SMILES string of the molecule is O=c1cnc2ccccc2n1Cc1cncn1C1CCCCC1. The quantitative estimate of drug-likeness (QED) is 0.747. The second kappa shape index (κ2) is 5.99. The monoisotopic (exact) mass is 308 g/mol. The van der Waals surface area contributed by atoms with Crippen LogP contribution in [0.15, 0.2) is 47.8 Å². The van der Waals surface area contributed by atoms with E-state index in [2.05, 4.69) is 14.5 Å². The number of para-hydroxylation sites is 2. The van der Waals surface area contributed by atoms with Gasteiger partial charge in [0.25, 0.3) is 5.56 Å². The first kappa shape index (κ1) is 14.2. The Kier molecular flexibility index (Phi) is 3.69. The highest BCUT2D eigenvalue weighted by molar-refractivity contribution is 5.74. The highest BCUT2D eigenvalue weighted by atomic mass is 16.1. The lowest BCUT2D eigenvalue weighted by Crippen LogP contribution is -2.23. The van der Waals surface area contributed by atoms with Gasteiger partial charge in [-0.2, -0.15) is 0 Å². The van der Waals surface area contributed by atoms with Gasteiger partial charge in [-0.3, -0.25) is 9.36 Å². The Morgan fingerprint density at radius 2 is 1.91 bits per heavy atom. The molecule has 2 heterocycles. The third-order valence-electron chi connectivity index (χ3n) is 4.79. The Bertz CT molecular complexity index is 874. The molecule has 0 spiro atoms. The van der Waals surface area contributed by atoms with E-state index in [1.54, 1.807) is 4.57 Å². The van der Waals surface area contributed by atoms with Gasteiger partial charge in [-0.15, -0.1) is 0 Å². The molecular formula is C18H20N4O.